The van der Waals surface area contributed by atoms with E-state index in [9.17, 15) is 10.5 Å². The van der Waals surface area contributed by atoms with Gasteiger partial charge in [-0.25, -0.2) is 24.9 Å². The average molecular weight is 953 g/mol. The summed E-state index contributed by atoms with van der Waals surface area (Å²) in [5.74, 6) is 2.46. The van der Waals surface area contributed by atoms with Crippen molar-refractivity contribution in [1.29, 1.82) is 10.5 Å². The predicted octanol–water partition coefficient (Wildman–Crippen LogP) is 7.12. The number of benzene rings is 2. The number of hydrogen-bond acceptors (Lipinski definition) is 17. The van der Waals surface area contributed by atoms with Crippen molar-refractivity contribution in [2.24, 2.45) is 0 Å². The van der Waals surface area contributed by atoms with Crippen LogP contribution in [0.2, 0.25) is 5.28 Å². The SMILES string of the molecule is N#Cc1cc(-c2ccnc(Cc3ccc(N4CCOCC4)cn3)n2)ccc1OC1CCOCC1.N#Cc1cc(-c2ccnc(Cl)n2)ccc1OC1CCOCC1.Nc1ccc(N2CCOCC2)cn1. The molecule has 4 fully saturated rings. The van der Waals surface area contributed by atoms with Crippen LogP contribution in [0.25, 0.3) is 22.5 Å². The zero-order valence-electron chi connectivity index (χ0n) is 38.3. The monoisotopic (exact) mass is 951 g/mol. The molecule has 2 N–H and O–H groups in total. The Kier molecular flexibility index (Phi) is 17.5. The van der Waals surface area contributed by atoms with Crippen molar-refractivity contribution < 1.29 is 28.4 Å². The van der Waals surface area contributed by atoms with Gasteiger partial charge < -0.3 is 44.0 Å². The van der Waals surface area contributed by atoms with Crippen molar-refractivity contribution in [2.75, 3.05) is 94.6 Å². The Morgan fingerprint density at radius 2 is 1.07 bits per heavy atom. The number of hydrogen-bond donors (Lipinski definition) is 1. The van der Waals surface area contributed by atoms with Gasteiger partial charge in [0.05, 0.1) is 106 Å². The molecule has 10 rings (SSSR count). The van der Waals surface area contributed by atoms with Crippen LogP contribution in [0.4, 0.5) is 17.2 Å². The Morgan fingerprint density at radius 1 is 0.580 bits per heavy atom. The van der Waals surface area contributed by atoms with Crippen LogP contribution in [0.3, 0.4) is 0 Å². The number of morpholine rings is 2. The number of anilines is 3. The van der Waals surface area contributed by atoms with E-state index in [1.54, 1.807) is 36.8 Å². The molecule has 0 amide bonds. The molecule has 18 heteroatoms. The standard InChI is InChI=1S/C26H27N5O3.C16H14ClN3O2.C9H13N3O/c27-17-20-15-19(1-4-25(20)34-23-6-11-32-12-7-23)24-5-8-28-26(30-24)16-21-2-3-22(18-29-21)31-9-13-33-14-10-31;17-16-19-6-3-14(20-16)11-1-2-15(12(9-11)10-18)22-13-4-7-21-8-5-13;10-9-2-1-8(7-11-9)12-3-5-13-6-4-12/h1-5,8,15,18,23H,6-7,9-14,16H2;1-3,6,9,13H,4-5,7-8H2;1-2,7H,3-6H2,(H2,10,11). The van der Waals surface area contributed by atoms with Gasteiger partial charge in [0.15, 0.2) is 0 Å². The topological polar surface area (TPSA) is 213 Å². The maximum Gasteiger partial charge on any atom is 0.222 e. The zero-order valence-corrected chi connectivity index (χ0v) is 39.0. The first-order valence-electron chi connectivity index (χ1n) is 23.1. The van der Waals surface area contributed by atoms with Crippen LogP contribution in [0.5, 0.6) is 11.5 Å². The minimum absolute atomic E-state index is 0.0829. The zero-order chi connectivity index (χ0) is 47.6. The second-order valence-electron chi connectivity index (χ2n) is 16.4. The summed E-state index contributed by atoms with van der Waals surface area (Å²) >= 11 is 5.80. The third-order valence-electron chi connectivity index (χ3n) is 11.7. The molecule has 0 saturated carbocycles. The van der Waals surface area contributed by atoms with Gasteiger partial charge in [-0.05, 0) is 84.4 Å². The number of aromatic nitrogens is 6. The Hall–Kier alpha value is -6.99. The van der Waals surface area contributed by atoms with E-state index in [0.717, 1.165) is 112 Å². The maximum absolute atomic E-state index is 9.68. The normalized spacial score (nSPS) is 16.4. The van der Waals surface area contributed by atoms with Crippen LogP contribution >= 0.6 is 11.6 Å². The van der Waals surface area contributed by atoms with Crippen molar-refractivity contribution in [2.45, 2.75) is 44.3 Å². The van der Waals surface area contributed by atoms with Gasteiger partial charge in [0.25, 0.3) is 0 Å². The summed E-state index contributed by atoms with van der Waals surface area (Å²) in [7, 11) is 0. The summed E-state index contributed by atoms with van der Waals surface area (Å²) in [4.78, 5) is 30.4. The van der Waals surface area contributed by atoms with Gasteiger partial charge in [-0.2, -0.15) is 10.5 Å². The van der Waals surface area contributed by atoms with Gasteiger partial charge >= 0.3 is 0 Å². The van der Waals surface area contributed by atoms with Crippen molar-refractivity contribution in [3.05, 3.63) is 126 Å². The highest BCUT2D eigenvalue weighted by Crippen LogP contribution is 2.30. The molecule has 69 heavy (non-hydrogen) atoms. The predicted molar refractivity (Wildman–Crippen MR) is 260 cm³/mol. The fraction of sp³-hybridized carbons (Fsp3) is 0.373. The molecule has 0 bridgehead atoms. The molecule has 4 saturated heterocycles. The van der Waals surface area contributed by atoms with Gasteiger partial charge in [-0.3, -0.25) is 4.98 Å². The summed E-state index contributed by atoms with van der Waals surface area (Å²) in [5, 5.41) is 19.2. The molecule has 6 aromatic rings. The first-order chi connectivity index (χ1) is 33.9. The minimum Gasteiger partial charge on any atom is -0.489 e. The Labute approximate surface area is 406 Å². The molecule has 356 valence electrons. The van der Waals surface area contributed by atoms with Gasteiger partial charge in [0.2, 0.25) is 5.28 Å². The summed E-state index contributed by atoms with van der Waals surface area (Å²) in [6.07, 6.45) is 11.1. The number of nitriles is 2. The lowest BCUT2D eigenvalue weighted by Gasteiger charge is -2.28. The molecule has 0 radical (unpaired) electrons. The lowest BCUT2D eigenvalue weighted by atomic mass is 10.1. The van der Waals surface area contributed by atoms with Crippen molar-refractivity contribution in [3.8, 4) is 46.2 Å². The number of nitrogens with two attached hydrogens (primary N) is 1. The van der Waals surface area contributed by atoms with Gasteiger partial charge in [0.1, 0.15) is 47.5 Å². The van der Waals surface area contributed by atoms with E-state index < -0.39 is 0 Å². The maximum atomic E-state index is 9.68. The lowest BCUT2D eigenvalue weighted by Crippen LogP contribution is -2.36. The molecular weight excluding hydrogens is 898 g/mol. The molecule has 0 atom stereocenters. The fourth-order valence-corrected chi connectivity index (χ4v) is 8.09. The quantitative estimate of drug-likeness (QED) is 0.135. The number of nitrogen functional groups attached to an aromatic ring is 1. The van der Waals surface area contributed by atoms with Crippen LogP contribution in [0.1, 0.15) is 48.3 Å². The smallest absolute Gasteiger partial charge is 0.222 e. The second-order valence-corrected chi connectivity index (χ2v) is 16.7. The highest BCUT2D eigenvalue weighted by atomic mass is 35.5. The first kappa shape index (κ1) is 48.5. The van der Waals surface area contributed by atoms with Crippen molar-refractivity contribution in [3.63, 3.8) is 0 Å². The Morgan fingerprint density at radius 3 is 1.55 bits per heavy atom. The van der Waals surface area contributed by atoms with E-state index in [4.69, 9.17) is 50.7 Å². The fourth-order valence-electron chi connectivity index (χ4n) is 7.94. The molecule has 4 aromatic heterocycles. The van der Waals surface area contributed by atoms with Crippen LogP contribution in [0.15, 0.2) is 97.6 Å². The molecule has 0 unspecified atom stereocenters. The molecule has 2 aromatic carbocycles. The summed E-state index contributed by atoms with van der Waals surface area (Å²) in [6.45, 7) is 9.51. The Balaban J connectivity index is 0.000000156. The molecule has 4 aliphatic heterocycles. The highest BCUT2D eigenvalue weighted by molar-refractivity contribution is 6.28. The van der Waals surface area contributed by atoms with E-state index in [2.05, 4.69) is 52.9 Å². The lowest BCUT2D eigenvalue weighted by molar-refractivity contribution is 0.0252. The average Bonchev–Trinajstić information content (AvgIpc) is 3.41. The molecule has 0 spiro atoms. The van der Waals surface area contributed by atoms with Gasteiger partial charge in [-0.1, -0.05) is 0 Å². The first-order valence-corrected chi connectivity index (χ1v) is 23.5. The third kappa shape index (κ3) is 14.0. The van der Waals surface area contributed by atoms with Gasteiger partial charge in [-0.15, -0.1) is 0 Å². The van der Waals surface area contributed by atoms with E-state index in [1.165, 1.54) is 0 Å². The van der Waals surface area contributed by atoms with Crippen LogP contribution < -0.4 is 25.0 Å². The summed E-state index contributed by atoms with van der Waals surface area (Å²) < 4.78 is 33.4. The van der Waals surface area contributed by atoms with Crippen LogP contribution in [-0.4, -0.2) is 121 Å². The van der Waals surface area contributed by atoms with E-state index >= 15 is 0 Å². The minimum atomic E-state index is 0.0829. The molecule has 4 aliphatic rings. The largest absolute Gasteiger partial charge is 0.489 e. The number of halogens is 1. The number of rotatable bonds is 10. The Bertz CT molecular complexity index is 2660. The molecule has 8 heterocycles. The second kappa shape index (κ2) is 24.9. The van der Waals surface area contributed by atoms with Crippen molar-refractivity contribution >= 4 is 28.8 Å². The van der Waals surface area contributed by atoms with Crippen LogP contribution in [-0.2, 0) is 25.4 Å². The van der Waals surface area contributed by atoms with E-state index in [0.29, 0.717) is 72.8 Å². The molecule has 0 aliphatic carbocycles. The van der Waals surface area contributed by atoms with Crippen molar-refractivity contribution in [1.82, 2.24) is 29.9 Å². The third-order valence-corrected chi connectivity index (χ3v) is 11.9. The number of nitrogens with zero attached hydrogens (tertiary/aromatic N) is 10. The molecular formula is C51H54ClN11O6. The summed E-state index contributed by atoms with van der Waals surface area (Å²) in [6, 6.07) is 27.0. The highest BCUT2D eigenvalue weighted by Gasteiger charge is 2.20. The van der Waals surface area contributed by atoms with Crippen LogP contribution in [0, 0.1) is 22.7 Å². The van der Waals surface area contributed by atoms with Gasteiger partial charge in [0, 0.05) is 81.1 Å². The number of pyridine rings is 2. The van der Waals surface area contributed by atoms with E-state index in [1.807, 2.05) is 54.7 Å². The number of ether oxygens (including phenoxy) is 6. The molecule has 17 nitrogen and oxygen atoms in total. The van der Waals surface area contributed by atoms with E-state index in [-0.39, 0.29) is 17.5 Å². The summed E-state index contributed by atoms with van der Waals surface area (Å²) in [5.41, 5.74) is 12.7.